The van der Waals surface area contributed by atoms with Crippen LogP contribution in [0, 0.1) is 11.8 Å². The summed E-state index contributed by atoms with van der Waals surface area (Å²) in [6.45, 7) is 5.24. The molecule has 0 aromatic heterocycles. The molecular weight excluding hydrogens is 262 g/mol. The summed E-state index contributed by atoms with van der Waals surface area (Å²) >= 11 is 0. The Balaban J connectivity index is 2.11. The molecule has 1 fully saturated rings. The maximum Gasteiger partial charge on any atom is 0.254 e. The van der Waals surface area contributed by atoms with E-state index in [9.17, 15) is 4.79 Å². The van der Waals surface area contributed by atoms with E-state index >= 15 is 0 Å². The quantitative estimate of drug-likeness (QED) is 0.788. The highest BCUT2D eigenvalue weighted by atomic mass is 16.2. The fourth-order valence-corrected chi connectivity index (χ4v) is 2.69. The Morgan fingerprint density at radius 2 is 2.05 bits per heavy atom. The van der Waals surface area contributed by atoms with Gasteiger partial charge in [0.15, 0.2) is 0 Å². The molecule has 0 spiro atoms. The number of hydrogen-bond acceptors (Lipinski definition) is 3. The highest BCUT2D eigenvalue weighted by Gasteiger charge is 2.24. The van der Waals surface area contributed by atoms with Crippen LogP contribution in [0.15, 0.2) is 24.3 Å². The fraction of sp³-hybridized carbons (Fsp3) is 0.471. The van der Waals surface area contributed by atoms with Crippen molar-refractivity contribution < 1.29 is 4.79 Å². The monoisotopic (exact) mass is 285 g/mol. The topological polar surface area (TPSA) is 49.6 Å². The molecule has 1 aromatic rings. The average molecular weight is 285 g/mol. The maximum atomic E-state index is 12.6. The Bertz CT molecular complexity index is 541. The van der Waals surface area contributed by atoms with E-state index in [0.717, 1.165) is 37.2 Å². The van der Waals surface area contributed by atoms with Crippen molar-refractivity contribution in [2.75, 3.05) is 33.2 Å². The Morgan fingerprint density at radius 1 is 1.33 bits per heavy atom. The van der Waals surface area contributed by atoms with E-state index in [0.29, 0.717) is 6.54 Å². The van der Waals surface area contributed by atoms with Crippen LogP contribution in [0.5, 0.6) is 0 Å². The van der Waals surface area contributed by atoms with Gasteiger partial charge in [0.25, 0.3) is 5.91 Å². The van der Waals surface area contributed by atoms with Gasteiger partial charge >= 0.3 is 0 Å². The smallest absolute Gasteiger partial charge is 0.254 e. The lowest BCUT2D eigenvalue weighted by molar-refractivity contribution is 0.0696. The zero-order valence-electron chi connectivity index (χ0n) is 12.8. The van der Waals surface area contributed by atoms with E-state index in [1.165, 1.54) is 0 Å². The molecule has 1 atom stereocenters. The molecule has 2 N–H and O–H groups in total. The Morgan fingerprint density at radius 3 is 2.71 bits per heavy atom. The van der Waals surface area contributed by atoms with Gasteiger partial charge < -0.3 is 15.5 Å². The van der Waals surface area contributed by atoms with Gasteiger partial charge in [-0.1, -0.05) is 11.8 Å². The summed E-state index contributed by atoms with van der Waals surface area (Å²) < 4.78 is 0. The summed E-state index contributed by atoms with van der Waals surface area (Å²) in [6, 6.07) is 7.70. The van der Waals surface area contributed by atoms with Gasteiger partial charge in [0.05, 0.1) is 6.54 Å². The summed E-state index contributed by atoms with van der Waals surface area (Å²) in [4.78, 5) is 16.9. The fourth-order valence-electron chi connectivity index (χ4n) is 2.69. The first-order chi connectivity index (χ1) is 10.1. The highest BCUT2D eigenvalue weighted by molar-refractivity contribution is 5.94. The third-order valence-electron chi connectivity index (χ3n) is 3.77. The molecule has 0 radical (unpaired) electrons. The minimum Gasteiger partial charge on any atom is -0.335 e. The molecule has 1 aliphatic heterocycles. The van der Waals surface area contributed by atoms with Crippen LogP contribution in [-0.4, -0.2) is 55.0 Å². The lowest BCUT2D eigenvalue weighted by Gasteiger charge is -2.28. The molecular formula is C17H23N3O. The number of hydrogen-bond donors (Lipinski definition) is 1. The minimum atomic E-state index is 0.108. The van der Waals surface area contributed by atoms with Gasteiger partial charge in [0, 0.05) is 30.3 Å². The van der Waals surface area contributed by atoms with Crippen molar-refractivity contribution in [1.29, 1.82) is 0 Å². The molecule has 0 bridgehead atoms. The van der Waals surface area contributed by atoms with Crippen molar-refractivity contribution in [3.63, 3.8) is 0 Å². The third-order valence-corrected chi connectivity index (χ3v) is 3.77. The molecule has 1 amide bonds. The van der Waals surface area contributed by atoms with Gasteiger partial charge in [-0.2, -0.15) is 0 Å². The van der Waals surface area contributed by atoms with Gasteiger partial charge in [-0.25, -0.2) is 0 Å². The second kappa shape index (κ2) is 7.26. The van der Waals surface area contributed by atoms with Gasteiger partial charge in [0.1, 0.15) is 0 Å². The predicted octanol–water partition coefficient (Wildman–Crippen LogP) is 1.16. The Kier molecular flexibility index (Phi) is 5.38. The first-order valence-corrected chi connectivity index (χ1v) is 7.40. The van der Waals surface area contributed by atoms with E-state index in [1.807, 2.05) is 29.2 Å². The predicted molar refractivity (Wildman–Crippen MR) is 85.0 cm³/mol. The second-order valence-corrected chi connectivity index (χ2v) is 5.55. The number of amides is 1. The SMILES string of the molecule is CC1CN(C)CCCN1C(=O)c1ccc(C#CCN)cc1. The normalized spacial score (nSPS) is 19.6. The molecule has 1 heterocycles. The van der Waals surface area contributed by atoms with Crippen LogP contribution >= 0.6 is 0 Å². The molecule has 0 saturated carbocycles. The van der Waals surface area contributed by atoms with Crippen molar-refractivity contribution >= 4 is 5.91 Å². The van der Waals surface area contributed by atoms with Crippen molar-refractivity contribution in [1.82, 2.24) is 9.80 Å². The molecule has 0 aliphatic carbocycles. The highest BCUT2D eigenvalue weighted by Crippen LogP contribution is 2.14. The first kappa shape index (κ1) is 15.6. The first-order valence-electron chi connectivity index (χ1n) is 7.40. The molecule has 1 aromatic carbocycles. The lowest BCUT2D eigenvalue weighted by atomic mass is 10.1. The Labute approximate surface area is 126 Å². The van der Waals surface area contributed by atoms with Gasteiger partial charge in [0.2, 0.25) is 0 Å². The van der Waals surface area contributed by atoms with Crippen LogP contribution in [0.25, 0.3) is 0 Å². The second-order valence-electron chi connectivity index (χ2n) is 5.55. The van der Waals surface area contributed by atoms with Crippen LogP contribution in [-0.2, 0) is 0 Å². The molecule has 4 nitrogen and oxygen atoms in total. The van der Waals surface area contributed by atoms with Crippen molar-refractivity contribution in [3.8, 4) is 11.8 Å². The molecule has 1 aliphatic rings. The summed E-state index contributed by atoms with van der Waals surface area (Å²) in [5.74, 6) is 5.89. The summed E-state index contributed by atoms with van der Waals surface area (Å²) in [7, 11) is 2.11. The zero-order valence-corrected chi connectivity index (χ0v) is 12.8. The van der Waals surface area contributed by atoms with E-state index < -0.39 is 0 Å². The van der Waals surface area contributed by atoms with E-state index in [-0.39, 0.29) is 11.9 Å². The van der Waals surface area contributed by atoms with Gasteiger partial charge in [-0.3, -0.25) is 4.79 Å². The largest absolute Gasteiger partial charge is 0.335 e. The molecule has 2 rings (SSSR count). The lowest BCUT2D eigenvalue weighted by Crippen LogP contribution is -2.41. The van der Waals surface area contributed by atoms with Crippen molar-refractivity contribution in [2.45, 2.75) is 19.4 Å². The van der Waals surface area contributed by atoms with Crippen LogP contribution in [0.3, 0.4) is 0 Å². The molecule has 1 unspecified atom stereocenters. The van der Waals surface area contributed by atoms with Crippen LogP contribution in [0.1, 0.15) is 29.3 Å². The summed E-state index contributed by atoms with van der Waals surface area (Å²) in [5, 5.41) is 0. The summed E-state index contributed by atoms with van der Waals surface area (Å²) in [5.41, 5.74) is 6.97. The Hall–Kier alpha value is -1.83. The van der Waals surface area contributed by atoms with E-state index in [4.69, 9.17) is 5.73 Å². The third kappa shape index (κ3) is 4.07. The van der Waals surface area contributed by atoms with E-state index in [2.05, 4.69) is 30.7 Å². The van der Waals surface area contributed by atoms with Gasteiger partial charge in [-0.15, -0.1) is 0 Å². The maximum absolute atomic E-state index is 12.6. The molecule has 4 heteroatoms. The standard InChI is InChI=1S/C17H23N3O/c1-14-13-19(2)11-4-12-20(14)17(21)16-8-6-15(7-9-16)5-3-10-18/h6-9,14H,4,10-13,18H2,1-2H3. The number of nitrogens with zero attached hydrogens (tertiary/aromatic N) is 2. The van der Waals surface area contributed by atoms with Crippen LogP contribution in [0.4, 0.5) is 0 Å². The number of carbonyl (C=O) groups excluding carboxylic acids is 1. The number of carbonyl (C=O) groups is 1. The zero-order chi connectivity index (χ0) is 15.2. The van der Waals surface area contributed by atoms with Crippen LogP contribution < -0.4 is 5.73 Å². The molecule has 1 saturated heterocycles. The minimum absolute atomic E-state index is 0.108. The van der Waals surface area contributed by atoms with E-state index in [1.54, 1.807) is 0 Å². The van der Waals surface area contributed by atoms with Crippen molar-refractivity contribution in [3.05, 3.63) is 35.4 Å². The average Bonchev–Trinajstić information content (AvgIpc) is 2.65. The van der Waals surface area contributed by atoms with Crippen molar-refractivity contribution in [2.24, 2.45) is 5.73 Å². The molecule has 112 valence electrons. The number of nitrogens with two attached hydrogens (primary N) is 1. The number of benzene rings is 1. The van der Waals surface area contributed by atoms with Crippen LogP contribution in [0.2, 0.25) is 0 Å². The molecule has 21 heavy (non-hydrogen) atoms. The number of likely N-dealkylation sites (N-methyl/N-ethyl adjacent to an activating group) is 1. The number of rotatable bonds is 1. The van der Waals surface area contributed by atoms with Gasteiger partial charge in [-0.05, 0) is 51.2 Å². The summed E-state index contributed by atoms with van der Waals surface area (Å²) in [6.07, 6.45) is 1.02.